The number of carbonyl (C=O) groups excluding carboxylic acids is 1. The van der Waals surface area contributed by atoms with E-state index < -0.39 is 58.2 Å². The van der Waals surface area contributed by atoms with Gasteiger partial charge in [-0.15, -0.1) is 0 Å². The van der Waals surface area contributed by atoms with Crippen LogP contribution in [-0.4, -0.2) is 25.5 Å². The van der Waals surface area contributed by atoms with Crippen molar-refractivity contribution in [3.05, 3.63) is 63.7 Å². The Morgan fingerprint density at radius 2 is 1.85 bits per heavy atom. The first-order chi connectivity index (χ1) is 16.0. The number of amides is 1. The Bertz CT molecular complexity index is 1250. The molecule has 1 N–H and O–H groups in total. The van der Waals surface area contributed by atoms with Gasteiger partial charge < -0.3 is 5.32 Å². The van der Waals surface area contributed by atoms with E-state index >= 15 is 0 Å². The highest BCUT2D eigenvalue weighted by Gasteiger charge is 2.42. The second kappa shape index (κ2) is 8.93. The summed E-state index contributed by atoms with van der Waals surface area (Å²) in [5.41, 5.74) is -1.60. The monoisotopic (exact) mass is 509 g/mol. The number of aromatic nitrogens is 4. The summed E-state index contributed by atoms with van der Waals surface area (Å²) < 4.78 is 95.5. The van der Waals surface area contributed by atoms with Crippen LogP contribution in [0.3, 0.4) is 0 Å². The van der Waals surface area contributed by atoms with Crippen LogP contribution in [0.25, 0.3) is 0 Å². The van der Waals surface area contributed by atoms with E-state index in [1.807, 2.05) is 0 Å². The highest BCUT2D eigenvalue weighted by atomic mass is 35.5. The maximum absolute atomic E-state index is 13.8. The van der Waals surface area contributed by atoms with Crippen molar-refractivity contribution >= 4 is 23.2 Å². The van der Waals surface area contributed by atoms with E-state index in [1.54, 1.807) is 0 Å². The number of nitrogens with one attached hydrogen (secondary N) is 1. The van der Waals surface area contributed by atoms with Crippen LogP contribution in [0.5, 0.6) is 0 Å². The second-order valence-electron chi connectivity index (χ2n) is 7.71. The number of aryl methyl sites for hydroxylation is 1. The first-order valence-corrected chi connectivity index (χ1v) is 10.3. The molecule has 1 amide bonds. The van der Waals surface area contributed by atoms with Crippen LogP contribution < -0.4 is 5.32 Å². The zero-order chi connectivity index (χ0) is 24.8. The summed E-state index contributed by atoms with van der Waals surface area (Å²) in [5, 5.41) is 9.31. The van der Waals surface area contributed by atoms with Gasteiger partial charge in [-0.2, -0.15) is 23.4 Å². The number of carbonyl (C=O) groups is 1. The van der Waals surface area contributed by atoms with E-state index in [4.69, 9.17) is 11.6 Å². The van der Waals surface area contributed by atoms with Crippen LogP contribution in [-0.2, 0) is 24.1 Å². The van der Waals surface area contributed by atoms with Crippen LogP contribution >= 0.6 is 11.6 Å². The van der Waals surface area contributed by atoms with Crippen molar-refractivity contribution in [2.75, 3.05) is 5.32 Å². The van der Waals surface area contributed by atoms with E-state index in [-0.39, 0.29) is 36.3 Å². The predicted octanol–water partition coefficient (Wildman–Crippen LogP) is 5.26. The molecule has 1 aliphatic rings. The minimum Gasteiger partial charge on any atom is -0.323 e. The third kappa shape index (κ3) is 4.88. The van der Waals surface area contributed by atoms with Gasteiger partial charge in [0, 0.05) is 30.2 Å². The molecule has 0 radical (unpaired) electrons. The molecule has 182 valence electrons. The minimum atomic E-state index is -4.73. The number of alkyl halides is 3. The number of halogens is 8. The van der Waals surface area contributed by atoms with Gasteiger partial charge in [0.05, 0.1) is 35.7 Å². The highest BCUT2D eigenvalue weighted by molar-refractivity contribution is 6.32. The van der Waals surface area contributed by atoms with E-state index in [2.05, 4.69) is 15.5 Å². The Labute approximate surface area is 192 Å². The van der Waals surface area contributed by atoms with Crippen molar-refractivity contribution in [2.45, 2.75) is 44.4 Å². The predicted molar refractivity (Wildman–Crippen MR) is 105 cm³/mol. The summed E-state index contributed by atoms with van der Waals surface area (Å²) in [6, 6.07) is 0.210. The average molecular weight is 510 g/mol. The molecule has 34 heavy (non-hydrogen) atoms. The maximum Gasteiger partial charge on any atom is 0.436 e. The lowest BCUT2D eigenvalue weighted by molar-refractivity contribution is -0.141. The van der Waals surface area contributed by atoms with Crippen LogP contribution in [0.2, 0.25) is 5.02 Å². The largest absolute Gasteiger partial charge is 0.436 e. The smallest absolute Gasteiger partial charge is 0.323 e. The molecular weight excluding hydrogens is 495 g/mol. The van der Waals surface area contributed by atoms with Gasteiger partial charge in [0.25, 0.3) is 0 Å². The van der Waals surface area contributed by atoms with Gasteiger partial charge in [0.2, 0.25) is 5.91 Å². The zero-order valence-corrected chi connectivity index (χ0v) is 17.8. The Balaban J connectivity index is 1.41. The fraction of sp³-hybridized carbons (Fsp3) is 0.350. The summed E-state index contributed by atoms with van der Waals surface area (Å²) in [7, 11) is 0. The van der Waals surface area contributed by atoms with Gasteiger partial charge in [-0.05, 0) is 12.8 Å². The molecule has 1 aliphatic carbocycles. The summed E-state index contributed by atoms with van der Waals surface area (Å²) in [6.07, 6.45) is -1.28. The molecule has 3 aromatic rings. The number of anilines is 1. The Morgan fingerprint density at radius 3 is 2.50 bits per heavy atom. The van der Waals surface area contributed by atoms with Crippen molar-refractivity contribution in [3.63, 3.8) is 0 Å². The lowest BCUT2D eigenvalue weighted by atomic mass is 10.2. The second-order valence-corrected chi connectivity index (χ2v) is 8.09. The first kappa shape index (κ1) is 24.0. The zero-order valence-electron chi connectivity index (χ0n) is 17.1. The lowest BCUT2D eigenvalue weighted by Gasteiger charge is -2.08. The highest BCUT2D eigenvalue weighted by Crippen LogP contribution is 2.46. The third-order valence-corrected chi connectivity index (χ3v) is 5.53. The van der Waals surface area contributed by atoms with Crippen molar-refractivity contribution in [2.24, 2.45) is 0 Å². The molecule has 2 heterocycles. The van der Waals surface area contributed by atoms with Crippen LogP contribution in [0, 0.1) is 23.3 Å². The molecule has 2 aromatic heterocycles. The molecule has 0 saturated heterocycles. The van der Waals surface area contributed by atoms with E-state index in [0.717, 1.165) is 15.6 Å². The SMILES string of the molecule is O=C(CCn1nc(C(F)(F)F)c(Cl)c1C1CC1)Nc1cnn(Cc2c(F)cc(F)c(F)c2F)c1. The number of nitrogens with zero attached hydrogens (tertiary/aromatic N) is 4. The summed E-state index contributed by atoms with van der Waals surface area (Å²) in [6.45, 7) is -0.742. The van der Waals surface area contributed by atoms with Gasteiger partial charge in [-0.25, -0.2) is 17.6 Å². The van der Waals surface area contributed by atoms with Crippen LogP contribution in [0.1, 0.15) is 42.1 Å². The molecular formula is C20H15ClF7N5O. The third-order valence-electron chi connectivity index (χ3n) is 5.16. The molecule has 0 spiro atoms. The summed E-state index contributed by atoms with van der Waals surface area (Å²) >= 11 is 5.89. The lowest BCUT2D eigenvalue weighted by Crippen LogP contribution is -2.16. The molecule has 1 aromatic carbocycles. The molecule has 1 fully saturated rings. The van der Waals surface area contributed by atoms with Gasteiger partial charge >= 0.3 is 6.18 Å². The number of hydrogen-bond donors (Lipinski definition) is 1. The fourth-order valence-corrected chi connectivity index (χ4v) is 3.80. The molecule has 4 rings (SSSR count). The van der Waals surface area contributed by atoms with Crippen LogP contribution in [0.15, 0.2) is 18.5 Å². The Morgan fingerprint density at radius 1 is 1.15 bits per heavy atom. The number of rotatable bonds is 7. The van der Waals surface area contributed by atoms with E-state index in [0.29, 0.717) is 12.8 Å². The van der Waals surface area contributed by atoms with Gasteiger partial charge in [0.15, 0.2) is 23.1 Å². The quantitative estimate of drug-likeness (QED) is 0.268. The molecule has 0 unspecified atom stereocenters. The number of hydrogen-bond acceptors (Lipinski definition) is 3. The Kier molecular flexibility index (Phi) is 6.32. The molecule has 0 bridgehead atoms. The first-order valence-electron chi connectivity index (χ1n) is 9.93. The van der Waals surface area contributed by atoms with Crippen LogP contribution in [0.4, 0.5) is 36.4 Å². The van der Waals surface area contributed by atoms with Crippen molar-refractivity contribution in [1.29, 1.82) is 0 Å². The fourth-order valence-electron chi connectivity index (χ4n) is 3.41. The van der Waals surface area contributed by atoms with Gasteiger partial charge in [-0.3, -0.25) is 14.2 Å². The Hall–Kier alpha value is -3.09. The molecule has 1 saturated carbocycles. The normalized spacial score (nSPS) is 14.0. The average Bonchev–Trinajstić information content (AvgIpc) is 3.39. The van der Waals surface area contributed by atoms with Crippen molar-refractivity contribution < 1.29 is 35.5 Å². The van der Waals surface area contributed by atoms with E-state index in [9.17, 15) is 35.5 Å². The summed E-state index contributed by atoms with van der Waals surface area (Å²) in [4.78, 5) is 12.3. The summed E-state index contributed by atoms with van der Waals surface area (Å²) in [5.74, 6) is -7.23. The topological polar surface area (TPSA) is 64.7 Å². The maximum atomic E-state index is 13.8. The van der Waals surface area contributed by atoms with Gasteiger partial charge in [0.1, 0.15) is 5.82 Å². The number of benzene rings is 1. The molecule has 14 heteroatoms. The molecule has 0 aliphatic heterocycles. The van der Waals surface area contributed by atoms with Crippen molar-refractivity contribution in [3.8, 4) is 0 Å². The van der Waals surface area contributed by atoms with Crippen molar-refractivity contribution in [1.82, 2.24) is 19.6 Å². The van der Waals surface area contributed by atoms with E-state index in [1.165, 1.54) is 6.20 Å². The standard InChI is InChI=1S/C20H15ClF7N5O/c21-15-18(9-1-2-9)33(31-19(15)20(26,27)28)4-3-14(34)30-10-6-29-32(7-10)8-11-12(22)5-13(23)17(25)16(11)24/h5-7,9H,1-4,8H2,(H,30,34). The molecule has 0 atom stereocenters. The minimum absolute atomic E-state index is 0.116. The van der Waals surface area contributed by atoms with Gasteiger partial charge in [-0.1, -0.05) is 11.6 Å². The molecule has 6 nitrogen and oxygen atoms in total.